The normalized spacial score (nSPS) is 14.4. The van der Waals surface area contributed by atoms with Crippen LogP contribution in [0.3, 0.4) is 0 Å². The molecule has 0 saturated carbocycles. The number of halogens is 1. The largest absolute Gasteiger partial charge is 0.390 e. The average molecular weight is 260 g/mol. The van der Waals surface area contributed by atoms with Crippen molar-refractivity contribution in [1.29, 1.82) is 0 Å². The second kappa shape index (κ2) is 5.95. The van der Waals surface area contributed by atoms with E-state index in [2.05, 4.69) is 0 Å². The molecule has 0 aliphatic carbocycles. The molecule has 2 N–H and O–H groups in total. The summed E-state index contributed by atoms with van der Waals surface area (Å²) in [6.07, 6.45) is -2.23. The Bertz CT molecular complexity index is 410. The Morgan fingerprint density at radius 1 is 1.47 bits per heavy atom. The SMILES string of the molecule is Cc1cccc(C(O)C(O)CCCl)c1[N+](=O)[O-]. The van der Waals surface area contributed by atoms with Crippen LogP contribution < -0.4 is 0 Å². The molecule has 1 aromatic rings. The zero-order chi connectivity index (χ0) is 13.0. The topological polar surface area (TPSA) is 83.6 Å². The number of para-hydroxylation sites is 1. The molecule has 0 spiro atoms. The number of aryl methyl sites for hydroxylation is 1. The molecule has 0 fully saturated rings. The minimum Gasteiger partial charge on any atom is -0.390 e. The standard InChI is InChI=1S/C11H14ClNO4/c1-7-3-2-4-8(10(7)13(16)17)11(15)9(14)5-6-12/h2-4,9,11,14-15H,5-6H2,1H3. The van der Waals surface area contributed by atoms with Gasteiger partial charge in [0.05, 0.1) is 16.6 Å². The van der Waals surface area contributed by atoms with Gasteiger partial charge in [0.2, 0.25) is 0 Å². The molecule has 5 nitrogen and oxygen atoms in total. The zero-order valence-electron chi connectivity index (χ0n) is 9.34. The molecular formula is C11H14ClNO4. The number of hydrogen-bond acceptors (Lipinski definition) is 4. The molecule has 2 unspecified atom stereocenters. The van der Waals surface area contributed by atoms with E-state index in [1.165, 1.54) is 6.07 Å². The van der Waals surface area contributed by atoms with Crippen LogP contribution in [0.4, 0.5) is 5.69 Å². The van der Waals surface area contributed by atoms with Crippen molar-refractivity contribution in [3.05, 3.63) is 39.4 Å². The van der Waals surface area contributed by atoms with Crippen LogP contribution in [0.5, 0.6) is 0 Å². The lowest BCUT2D eigenvalue weighted by molar-refractivity contribution is -0.386. The highest BCUT2D eigenvalue weighted by Gasteiger charge is 2.27. The first-order valence-corrected chi connectivity index (χ1v) is 5.68. The summed E-state index contributed by atoms with van der Waals surface area (Å²) in [5.74, 6) is 0.178. The van der Waals surface area contributed by atoms with E-state index in [0.717, 1.165) is 0 Å². The number of aliphatic hydroxyl groups excluding tert-OH is 2. The van der Waals surface area contributed by atoms with E-state index in [1.807, 2.05) is 0 Å². The predicted molar refractivity (Wildman–Crippen MR) is 64.1 cm³/mol. The molecule has 1 rings (SSSR count). The molecule has 0 amide bonds. The molecule has 0 aliphatic heterocycles. The third kappa shape index (κ3) is 3.15. The van der Waals surface area contributed by atoms with Gasteiger partial charge in [-0.2, -0.15) is 0 Å². The first-order chi connectivity index (χ1) is 7.99. The number of rotatable bonds is 5. The number of hydrogen-bond donors (Lipinski definition) is 2. The van der Waals surface area contributed by atoms with E-state index in [9.17, 15) is 20.3 Å². The number of benzene rings is 1. The molecule has 0 saturated heterocycles. The lowest BCUT2D eigenvalue weighted by Gasteiger charge is -2.17. The molecule has 17 heavy (non-hydrogen) atoms. The number of aliphatic hydroxyl groups is 2. The van der Waals surface area contributed by atoms with Crippen molar-refractivity contribution in [2.45, 2.75) is 25.6 Å². The van der Waals surface area contributed by atoms with Gasteiger partial charge in [-0.3, -0.25) is 10.1 Å². The monoisotopic (exact) mass is 259 g/mol. The summed E-state index contributed by atoms with van der Waals surface area (Å²) < 4.78 is 0. The molecule has 0 bridgehead atoms. The third-order valence-corrected chi connectivity index (χ3v) is 2.76. The van der Waals surface area contributed by atoms with Crippen LogP contribution in [-0.4, -0.2) is 27.1 Å². The van der Waals surface area contributed by atoms with E-state index < -0.39 is 17.1 Å². The molecular weight excluding hydrogens is 246 g/mol. The Balaban J connectivity index is 3.13. The van der Waals surface area contributed by atoms with Crippen molar-refractivity contribution in [2.75, 3.05) is 5.88 Å². The maximum absolute atomic E-state index is 10.9. The van der Waals surface area contributed by atoms with E-state index >= 15 is 0 Å². The Hall–Kier alpha value is -1.17. The van der Waals surface area contributed by atoms with E-state index in [4.69, 9.17) is 11.6 Å². The Morgan fingerprint density at radius 2 is 2.12 bits per heavy atom. The van der Waals surface area contributed by atoms with Gasteiger partial charge in [-0.05, 0) is 19.4 Å². The highest BCUT2D eigenvalue weighted by atomic mass is 35.5. The van der Waals surface area contributed by atoms with Gasteiger partial charge in [0.15, 0.2) is 0 Å². The van der Waals surface area contributed by atoms with Crippen molar-refractivity contribution in [3.8, 4) is 0 Å². The summed E-state index contributed by atoms with van der Waals surface area (Å²) in [7, 11) is 0. The fourth-order valence-corrected chi connectivity index (χ4v) is 1.87. The fraction of sp³-hybridized carbons (Fsp3) is 0.455. The molecule has 0 aromatic heterocycles. The van der Waals surface area contributed by atoms with Crippen molar-refractivity contribution >= 4 is 17.3 Å². The lowest BCUT2D eigenvalue weighted by Crippen LogP contribution is -2.20. The quantitative estimate of drug-likeness (QED) is 0.481. The van der Waals surface area contributed by atoms with Crippen molar-refractivity contribution in [3.63, 3.8) is 0 Å². The van der Waals surface area contributed by atoms with Crippen LogP contribution in [0.25, 0.3) is 0 Å². The molecule has 0 radical (unpaired) electrons. The average Bonchev–Trinajstić information content (AvgIpc) is 2.27. The third-order valence-electron chi connectivity index (χ3n) is 2.54. The lowest BCUT2D eigenvalue weighted by atomic mass is 9.98. The molecule has 0 aliphatic rings. The molecule has 2 atom stereocenters. The maximum Gasteiger partial charge on any atom is 0.278 e. The summed E-state index contributed by atoms with van der Waals surface area (Å²) in [5, 5.41) is 30.4. The maximum atomic E-state index is 10.9. The molecule has 1 aromatic carbocycles. The van der Waals surface area contributed by atoms with Gasteiger partial charge in [-0.25, -0.2) is 0 Å². The highest BCUT2D eigenvalue weighted by molar-refractivity contribution is 6.17. The van der Waals surface area contributed by atoms with Gasteiger partial charge in [-0.15, -0.1) is 11.6 Å². The van der Waals surface area contributed by atoms with E-state index in [1.54, 1.807) is 19.1 Å². The summed E-state index contributed by atoms with van der Waals surface area (Å²) >= 11 is 5.46. The zero-order valence-corrected chi connectivity index (χ0v) is 10.1. The molecule has 0 heterocycles. The van der Waals surface area contributed by atoms with Gasteiger partial charge in [-0.1, -0.05) is 12.1 Å². The van der Waals surface area contributed by atoms with Gasteiger partial charge >= 0.3 is 0 Å². The first kappa shape index (κ1) is 13.9. The fourth-order valence-electron chi connectivity index (χ4n) is 1.65. The number of nitro benzene ring substituents is 1. The minimum atomic E-state index is -1.30. The van der Waals surface area contributed by atoms with E-state index in [0.29, 0.717) is 5.56 Å². The van der Waals surface area contributed by atoms with E-state index in [-0.39, 0.29) is 23.6 Å². The smallest absolute Gasteiger partial charge is 0.278 e. The second-order valence-electron chi connectivity index (χ2n) is 3.76. The summed E-state index contributed by atoms with van der Waals surface area (Å²) in [5.41, 5.74) is 0.408. The Labute approximate surface area is 104 Å². The Kier molecular flexibility index (Phi) is 4.86. The summed E-state index contributed by atoms with van der Waals surface area (Å²) in [4.78, 5) is 10.4. The van der Waals surface area contributed by atoms with Gasteiger partial charge in [0.1, 0.15) is 6.10 Å². The van der Waals surface area contributed by atoms with Crippen LogP contribution in [0, 0.1) is 17.0 Å². The predicted octanol–water partition coefficient (Wildman–Crippen LogP) is 1.93. The summed E-state index contributed by atoms with van der Waals surface area (Å²) in [6.45, 7) is 1.59. The van der Waals surface area contributed by atoms with Crippen molar-refractivity contribution in [1.82, 2.24) is 0 Å². The molecule has 94 valence electrons. The number of nitrogens with zero attached hydrogens (tertiary/aromatic N) is 1. The second-order valence-corrected chi connectivity index (χ2v) is 4.14. The highest BCUT2D eigenvalue weighted by Crippen LogP contribution is 2.30. The molecule has 6 heteroatoms. The van der Waals surface area contributed by atoms with Gasteiger partial charge in [0, 0.05) is 11.4 Å². The van der Waals surface area contributed by atoms with Crippen LogP contribution in [0.1, 0.15) is 23.7 Å². The summed E-state index contributed by atoms with van der Waals surface area (Å²) in [6, 6.07) is 4.63. The van der Waals surface area contributed by atoms with Crippen molar-refractivity contribution in [2.24, 2.45) is 0 Å². The number of alkyl halides is 1. The van der Waals surface area contributed by atoms with Crippen LogP contribution in [-0.2, 0) is 0 Å². The van der Waals surface area contributed by atoms with Crippen LogP contribution in [0.15, 0.2) is 18.2 Å². The van der Waals surface area contributed by atoms with Gasteiger partial charge < -0.3 is 10.2 Å². The first-order valence-electron chi connectivity index (χ1n) is 5.15. The van der Waals surface area contributed by atoms with Crippen molar-refractivity contribution < 1.29 is 15.1 Å². The van der Waals surface area contributed by atoms with Gasteiger partial charge in [0.25, 0.3) is 5.69 Å². The minimum absolute atomic E-state index is 0.118. The number of nitro groups is 1. The van der Waals surface area contributed by atoms with Crippen LogP contribution >= 0.6 is 11.6 Å². The van der Waals surface area contributed by atoms with Crippen LogP contribution in [0.2, 0.25) is 0 Å². The Morgan fingerprint density at radius 3 is 2.65 bits per heavy atom.